The smallest absolute Gasteiger partial charge is 0.254 e. The van der Waals surface area contributed by atoms with Crippen molar-refractivity contribution in [2.24, 2.45) is 0 Å². The molecule has 0 bridgehead atoms. The predicted molar refractivity (Wildman–Crippen MR) is 103 cm³/mol. The fourth-order valence-corrected chi connectivity index (χ4v) is 4.83. The molecule has 2 aromatic rings. The predicted octanol–water partition coefficient (Wildman–Crippen LogP) is 4.46. The third-order valence-electron chi connectivity index (χ3n) is 5.30. The summed E-state index contributed by atoms with van der Waals surface area (Å²) in [5.74, 6) is 0.905. The maximum atomic E-state index is 13.0. The van der Waals surface area contributed by atoms with Crippen LogP contribution in [0.4, 0.5) is 0 Å². The lowest BCUT2D eigenvalue weighted by molar-refractivity contribution is 0.0654. The molecule has 0 aliphatic carbocycles. The number of hydrogen-bond acceptors (Lipinski definition) is 4. The van der Waals surface area contributed by atoms with E-state index in [0.717, 1.165) is 50.1 Å². The summed E-state index contributed by atoms with van der Waals surface area (Å²) < 4.78 is 11.4. The standard InChI is InChI=1S/C21H25NO3S/c1-2-19-18-10-13-26-20(18)9-11-22(19)21(23)15-5-7-16(8-6-15)25-14-17-4-3-12-24-17/h5-8,10,13,17,19H,2-4,9,11-12,14H2,1H3. The molecule has 1 saturated heterocycles. The lowest BCUT2D eigenvalue weighted by Gasteiger charge is -2.35. The number of rotatable bonds is 5. The number of amides is 1. The number of carbonyl (C=O) groups is 1. The largest absolute Gasteiger partial charge is 0.491 e. The molecule has 4 nitrogen and oxygen atoms in total. The zero-order chi connectivity index (χ0) is 17.9. The average molecular weight is 372 g/mol. The first-order valence-corrected chi connectivity index (χ1v) is 10.4. The van der Waals surface area contributed by atoms with Gasteiger partial charge >= 0.3 is 0 Å². The Hall–Kier alpha value is -1.85. The van der Waals surface area contributed by atoms with Gasteiger partial charge in [0, 0.05) is 23.6 Å². The summed E-state index contributed by atoms with van der Waals surface area (Å²) in [6.45, 7) is 4.36. The Morgan fingerprint density at radius 1 is 1.31 bits per heavy atom. The second-order valence-corrected chi connectivity index (χ2v) is 7.94. The normalized spacial score (nSPS) is 22.3. The summed E-state index contributed by atoms with van der Waals surface area (Å²) in [6, 6.07) is 9.90. The third kappa shape index (κ3) is 3.51. The number of fused-ring (bicyclic) bond motifs is 1. The van der Waals surface area contributed by atoms with Crippen LogP contribution >= 0.6 is 11.3 Å². The quantitative estimate of drug-likeness (QED) is 0.779. The molecule has 1 amide bonds. The van der Waals surface area contributed by atoms with Crippen LogP contribution < -0.4 is 4.74 Å². The van der Waals surface area contributed by atoms with Gasteiger partial charge in [0.05, 0.1) is 12.1 Å². The molecule has 4 rings (SSSR count). The van der Waals surface area contributed by atoms with E-state index in [1.807, 2.05) is 40.5 Å². The highest BCUT2D eigenvalue weighted by molar-refractivity contribution is 7.10. The average Bonchev–Trinajstić information content (AvgIpc) is 3.37. The molecule has 0 spiro atoms. The SMILES string of the molecule is CCC1c2ccsc2CCN1C(=O)c1ccc(OCC2CCCO2)cc1. The minimum absolute atomic E-state index is 0.111. The topological polar surface area (TPSA) is 38.8 Å². The van der Waals surface area contributed by atoms with Gasteiger partial charge in [-0.05, 0) is 67.0 Å². The number of ether oxygens (including phenoxy) is 2. The molecule has 26 heavy (non-hydrogen) atoms. The highest BCUT2D eigenvalue weighted by Crippen LogP contribution is 2.36. The molecular weight excluding hydrogens is 346 g/mol. The van der Waals surface area contributed by atoms with Gasteiger partial charge in [0.15, 0.2) is 0 Å². The van der Waals surface area contributed by atoms with E-state index in [0.29, 0.717) is 6.61 Å². The number of benzene rings is 1. The second kappa shape index (κ2) is 7.80. The van der Waals surface area contributed by atoms with E-state index in [1.165, 1.54) is 10.4 Å². The fraction of sp³-hybridized carbons (Fsp3) is 0.476. The summed E-state index contributed by atoms with van der Waals surface area (Å²) in [5.41, 5.74) is 2.06. The Kier molecular flexibility index (Phi) is 5.27. The fourth-order valence-electron chi connectivity index (χ4n) is 3.90. The highest BCUT2D eigenvalue weighted by atomic mass is 32.1. The molecule has 2 unspecified atom stereocenters. The van der Waals surface area contributed by atoms with Crippen LogP contribution in [-0.2, 0) is 11.2 Å². The van der Waals surface area contributed by atoms with Gasteiger partial charge in [0.1, 0.15) is 12.4 Å². The first-order chi connectivity index (χ1) is 12.8. The van der Waals surface area contributed by atoms with Crippen molar-refractivity contribution in [3.63, 3.8) is 0 Å². The molecule has 5 heteroatoms. The number of thiophene rings is 1. The van der Waals surface area contributed by atoms with E-state index in [9.17, 15) is 4.79 Å². The van der Waals surface area contributed by atoms with E-state index in [4.69, 9.17) is 9.47 Å². The van der Waals surface area contributed by atoms with Crippen LogP contribution in [0.2, 0.25) is 0 Å². The minimum Gasteiger partial charge on any atom is -0.491 e. The zero-order valence-electron chi connectivity index (χ0n) is 15.1. The Morgan fingerprint density at radius 3 is 2.88 bits per heavy atom. The molecule has 2 aliphatic rings. The molecule has 1 aromatic heterocycles. The Labute approximate surface area is 158 Å². The summed E-state index contributed by atoms with van der Waals surface area (Å²) in [7, 11) is 0. The monoisotopic (exact) mass is 371 g/mol. The maximum Gasteiger partial charge on any atom is 0.254 e. The van der Waals surface area contributed by atoms with Gasteiger partial charge in [-0.3, -0.25) is 4.79 Å². The van der Waals surface area contributed by atoms with Crippen LogP contribution in [0, 0.1) is 0 Å². The van der Waals surface area contributed by atoms with Crippen molar-refractivity contribution < 1.29 is 14.3 Å². The van der Waals surface area contributed by atoms with Crippen LogP contribution in [0.5, 0.6) is 5.75 Å². The van der Waals surface area contributed by atoms with Crippen LogP contribution in [0.15, 0.2) is 35.7 Å². The van der Waals surface area contributed by atoms with Crippen molar-refractivity contribution in [2.45, 2.75) is 44.8 Å². The lowest BCUT2D eigenvalue weighted by Crippen LogP contribution is -2.39. The van der Waals surface area contributed by atoms with Gasteiger partial charge in [-0.2, -0.15) is 0 Å². The van der Waals surface area contributed by atoms with Crippen LogP contribution in [0.3, 0.4) is 0 Å². The minimum atomic E-state index is 0.111. The van der Waals surface area contributed by atoms with E-state index in [2.05, 4.69) is 18.4 Å². The van der Waals surface area contributed by atoms with Crippen LogP contribution in [-0.4, -0.2) is 36.7 Å². The van der Waals surface area contributed by atoms with Gasteiger partial charge in [0.25, 0.3) is 5.91 Å². The van der Waals surface area contributed by atoms with Crippen molar-refractivity contribution in [3.8, 4) is 5.75 Å². The van der Waals surface area contributed by atoms with Gasteiger partial charge in [-0.15, -0.1) is 11.3 Å². The molecule has 138 valence electrons. The van der Waals surface area contributed by atoms with Crippen molar-refractivity contribution in [1.82, 2.24) is 4.90 Å². The van der Waals surface area contributed by atoms with Gasteiger partial charge in [-0.25, -0.2) is 0 Å². The summed E-state index contributed by atoms with van der Waals surface area (Å²) >= 11 is 1.81. The van der Waals surface area contributed by atoms with Gasteiger partial charge in [0.2, 0.25) is 0 Å². The van der Waals surface area contributed by atoms with E-state index >= 15 is 0 Å². The Bertz CT molecular complexity index is 749. The van der Waals surface area contributed by atoms with Crippen LogP contribution in [0.25, 0.3) is 0 Å². The third-order valence-corrected chi connectivity index (χ3v) is 6.30. The van der Waals surface area contributed by atoms with Gasteiger partial charge in [-0.1, -0.05) is 6.92 Å². The molecule has 1 fully saturated rings. The maximum absolute atomic E-state index is 13.0. The number of carbonyl (C=O) groups excluding carboxylic acids is 1. The molecule has 0 saturated carbocycles. The van der Waals surface area contributed by atoms with Gasteiger partial charge < -0.3 is 14.4 Å². The summed E-state index contributed by atoms with van der Waals surface area (Å²) in [4.78, 5) is 16.5. The molecule has 0 N–H and O–H groups in total. The zero-order valence-corrected chi connectivity index (χ0v) is 16.0. The summed E-state index contributed by atoms with van der Waals surface area (Å²) in [6.07, 6.45) is 4.28. The van der Waals surface area contributed by atoms with Crippen molar-refractivity contribution >= 4 is 17.2 Å². The highest BCUT2D eigenvalue weighted by Gasteiger charge is 2.30. The van der Waals surface area contributed by atoms with E-state index in [-0.39, 0.29) is 18.1 Å². The van der Waals surface area contributed by atoms with Crippen molar-refractivity contribution in [2.75, 3.05) is 19.8 Å². The van der Waals surface area contributed by atoms with Crippen molar-refractivity contribution in [1.29, 1.82) is 0 Å². The van der Waals surface area contributed by atoms with Crippen LogP contribution in [0.1, 0.15) is 53.0 Å². The molecule has 2 atom stereocenters. The molecule has 0 radical (unpaired) electrons. The first kappa shape index (κ1) is 17.6. The molecule has 2 aliphatic heterocycles. The van der Waals surface area contributed by atoms with E-state index < -0.39 is 0 Å². The van der Waals surface area contributed by atoms with Crippen molar-refractivity contribution in [3.05, 3.63) is 51.7 Å². The molecule has 3 heterocycles. The first-order valence-electron chi connectivity index (χ1n) is 9.48. The van der Waals surface area contributed by atoms with E-state index in [1.54, 1.807) is 0 Å². The number of hydrogen-bond donors (Lipinski definition) is 0. The second-order valence-electron chi connectivity index (χ2n) is 6.94. The number of nitrogens with zero attached hydrogens (tertiary/aromatic N) is 1. The Morgan fingerprint density at radius 2 is 2.15 bits per heavy atom. The lowest BCUT2D eigenvalue weighted by atomic mass is 9.97. The molecular formula is C21H25NO3S. The Balaban J connectivity index is 1.43. The summed E-state index contributed by atoms with van der Waals surface area (Å²) in [5, 5.41) is 2.14. The molecule has 1 aromatic carbocycles.